The van der Waals surface area contributed by atoms with Crippen molar-refractivity contribution < 1.29 is 32.3 Å². The number of hydrogen-bond acceptors (Lipinski definition) is 7. The van der Waals surface area contributed by atoms with E-state index in [-0.39, 0.29) is 54.7 Å². The summed E-state index contributed by atoms with van der Waals surface area (Å²) in [7, 11) is -4.09. The average molecular weight is 721 g/mol. The third-order valence-electron chi connectivity index (χ3n) is 10.1. The number of ketones is 1. The lowest BCUT2D eigenvalue weighted by molar-refractivity contribution is -0.156. The molecule has 1 aromatic rings. The molecule has 4 fully saturated rings. The highest BCUT2D eigenvalue weighted by Gasteiger charge is 2.60. The van der Waals surface area contributed by atoms with Gasteiger partial charge in [-0.1, -0.05) is 48.8 Å². The molecule has 1 saturated heterocycles. The number of Topliss-reactive ketones (excluding diaryl/α,β-unsaturated/α-hetero) is 1. The summed E-state index contributed by atoms with van der Waals surface area (Å²) in [5.41, 5.74) is -1.65. The van der Waals surface area contributed by atoms with Gasteiger partial charge in [0.25, 0.3) is 0 Å². The van der Waals surface area contributed by atoms with Gasteiger partial charge >= 0.3 is 5.97 Å². The first-order chi connectivity index (χ1) is 21.7. The van der Waals surface area contributed by atoms with E-state index in [1.807, 2.05) is 20.8 Å². The van der Waals surface area contributed by atoms with Crippen LogP contribution in [0.15, 0.2) is 46.3 Å². The second-order valence-electron chi connectivity index (χ2n) is 14.6. The Kier molecular flexibility index (Phi) is 10.2. The van der Waals surface area contributed by atoms with E-state index >= 15 is 0 Å². The Bertz CT molecular complexity index is 1480. The van der Waals surface area contributed by atoms with E-state index in [1.54, 1.807) is 18.2 Å². The minimum absolute atomic E-state index is 0.0275. The summed E-state index contributed by atoms with van der Waals surface area (Å²) >= 11 is 3.33. The lowest BCUT2D eigenvalue weighted by Crippen LogP contribution is -2.49. The number of amides is 2. The van der Waals surface area contributed by atoms with Crippen molar-refractivity contribution in [3.63, 3.8) is 0 Å². The molecule has 12 heteroatoms. The maximum atomic E-state index is 14.4. The van der Waals surface area contributed by atoms with Gasteiger partial charge in [-0.3, -0.25) is 19.2 Å². The van der Waals surface area contributed by atoms with Crippen molar-refractivity contribution in [1.82, 2.24) is 14.5 Å². The van der Waals surface area contributed by atoms with Crippen molar-refractivity contribution >= 4 is 49.5 Å². The summed E-state index contributed by atoms with van der Waals surface area (Å²) in [5, 5.41) is 3.01. The lowest BCUT2D eigenvalue weighted by atomic mass is 9.77. The SMILES string of the molecule is C=C[C@@H]1C[C@]1(CC(=O)[C@@H]1CN(S(=O)(=O)c2cccc(Br)c2)CN1C(=O)[C@@H](CC(=O)OC1CCCC1)C(C)(C)C)C(=O)NCC1CC1. The molecule has 1 heterocycles. The predicted molar refractivity (Wildman–Crippen MR) is 176 cm³/mol. The van der Waals surface area contributed by atoms with E-state index in [9.17, 15) is 27.6 Å². The molecule has 10 nitrogen and oxygen atoms in total. The zero-order valence-electron chi connectivity index (χ0n) is 27.0. The van der Waals surface area contributed by atoms with Gasteiger partial charge in [0.2, 0.25) is 21.8 Å². The number of nitrogens with zero attached hydrogens (tertiary/aromatic N) is 2. The first-order valence-electron chi connectivity index (χ1n) is 16.3. The molecule has 0 spiro atoms. The third-order valence-corrected chi connectivity index (χ3v) is 12.4. The number of sulfonamides is 1. The lowest BCUT2D eigenvalue weighted by Gasteiger charge is -2.34. The zero-order valence-corrected chi connectivity index (χ0v) is 29.4. The van der Waals surface area contributed by atoms with Gasteiger partial charge in [-0.2, -0.15) is 4.31 Å². The number of benzene rings is 1. The molecule has 0 unspecified atom stereocenters. The second-order valence-corrected chi connectivity index (χ2v) is 17.4. The van der Waals surface area contributed by atoms with Crippen LogP contribution in [0.4, 0.5) is 0 Å². The number of allylic oxidation sites excluding steroid dienone is 1. The Balaban J connectivity index is 1.41. The van der Waals surface area contributed by atoms with Crippen molar-refractivity contribution in [3.8, 4) is 0 Å². The molecule has 4 atom stereocenters. The van der Waals surface area contributed by atoms with Crippen LogP contribution in [0, 0.1) is 28.6 Å². The number of carbonyl (C=O) groups excluding carboxylic acids is 4. The van der Waals surface area contributed by atoms with Gasteiger partial charge in [0.15, 0.2) is 5.78 Å². The maximum absolute atomic E-state index is 14.4. The molecule has 1 N–H and O–H groups in total. The second kappa shape index (κ2) is 13.5. The quantitative estimate of drug-likeness (QED) is 0.229. The normalized spacial score (nSPS) is 26.0. The van der Waals surface area contributed by atoms with Crippen molar-refractivity contribution in [2.45, 2.75) is 95.6 Å². The van der Waals surface area contributed by atoms with E-state index in [0.29, 0.717) is 23.4 Å². The van der Waals surface area contributed by atoms with E-state index < -0.39 is 44.7 Å². The summed E-state index contributed by atoms with van der Waals surface area (Å²) in [4.78, 5) is 56.4. The Morgan fingerprint density at radius 1 is 1.15 bits per heavy atom. The van der Waals surface area contributed by atoms with Crippen LogP contribution in [-0.2, 0) is 33.9 Å². The third kappa shape index (κ3) is 7.59. The predicted octanol–water partition coefficient (Wildman–Crippen LogP) is 4.82. The molecule has 3 saturated carbocycles. The fourth-order valence-electron chi connectivity index (χ4n) is 6.79. The summed E-state index contributed by atoms with van der Waals surface area (Å²) in [6.45, 7) is 9.37. The van der Waals surface area contributed by atoms with Gasteiger partial charge in [-0.15, -0.1) is 6.58 Å². The Morgan fingerprint density at radius 2 is 1.85 bits per heavy atom. The van der Waals surface area contributed by atoms with Crippen molar-refractivity contribution in [3.05, 3.63) is 41.4 Å². The minimum Gasteiger partial charge on any atom is -0.462 e. The Labute approximate surface area is 280 Å². The highest BCUT2D eigenvalue weighted by Crippen LogP contribution is 2.56. The van der Waals surface area contributed by atoms with E-state index in [4.69, 9.17) is 4.74 Å². The molecular weight excluding hydrogens is 674 g/mol. The van der Waals surface area contributed by atoms with Gasteiger partial charge in [0, 0.05) is 24.0 Å². The van der Waals surface area contributed by atoms with Crippen LogP contribution < -0.4 is 5.32 Å². The van der Waals surface area contributed by atoms with Crippen LogP contribution in [0.1, 0.15) is 78.6 Å². The molecule has 5 rings (SSSR count). The first-order valence-corrected chi connectivity index (χ1v) is 18.6. The molecule has 46 heavy (non-hydrogen) atoms. The molecule has 3 aliphatic carbocycles. The Hall–Kier alpha value is -2.57. The smallest absolute Gasteiger partial charge is 0.306 e. The van der Waals surface area contributed by atoms with Crippen LogP contribution in [0.5, 0.6) is 0 Å². The summed E-state index contributed by atoms with van der Waals surface area (Å²) in [5.74, 6) is -2.12. The largest absolute Gasteiger partial charge is 0.462 e. The minimum atomic E-state index is -4.09. The molecule has 4 aliphatic rings. The van der Waals surface area contributed by atoms with Crippen molar-refractivity contribution in [2.75, 3.05) is 19.8 Å². The number of rotatable bonds is 13. The molecule has 252 valence electrons. The number of halogens is 1. The van der Waals surface area contributed by atoms with Crippen LogP contribution >= 0.6 is 15.9 Å². The zero-order chi connectivity index (χ0) is 33.4. The van der Waals surface area contributed by atoms with Gasteiger partial charge < -0.3 is 15.0 Å². The molecule has 0 aromatic heterocycles. The van der Waals surface area contributed by atoms with Gasteiger partial charge in [0.1, 0.15) is 12.1 Å². The number of hydrogen-bond donors (Lipinski definition) is 1. The monoisotopic (exact) mass is 719 g/mol. The van der Waals surface area contributed by atoms with Crippen molar-refractivity contribution in [2.24, 2.45) is 28.6 Å². The van der Waals surface area contributed by atoms with Crippen LogP contribution in [0.3, 0.4) is 0 Å². The van der Waals surface area contributed by atoms with Gasteiger partial charge in [-0.25, -0.2) is 8.42 Å². The summed E-state index contributed by atoms with van der Waals surface area (Å²) in [6, 6.07) is 5.14. The van der Waals surface area contributed by atoms with E-state index in [1.165, 1.54) is 17.0 Å². The highest BCUT2D eigenvalue weighted by molar-refractivity contribution is 9.10. The maximum Gasteiger partial charge on any atom is 0.306 e. The van der Waals surface area contributed by atoms with Gasteiger partial charge in [0.05, 0.1) is 29.3 Å². The molecule has 0 bridgehead atoms. The summed E-state index contributed by atoms with van der Waals surface area (Å²) < 4.78 is 35.1. The topological polar surface area (TPSA) is 130 Å². The number of ether oxygens (including phenoxy) is 1. The molecule has 2 amide bonds. The highest BCUT2D eigenvalue weighted by atomic mass is 79.9. The molecule has 0 radical (unpaired) electrons. The van der Waals surface area contributed by atoms with Crippen molar-refractivity contribution in [1.29, 1.82) is 0 Å². The fraction of sp³-hybridized carbons (Fsp3) is 0.647. The Morgan fingerprint density at radius 3 is 2.43 bits per heavy atom. The average Bonchev–Trinajstić information content (AvgIpc) is 3.83. The fourth-order valence-corrected chi connectivity index (χ4v) is 8.78. The number of nitrogens with one attached hydrogen (secondary N) is 1. The van der Waals surface area contributed by atoms with E-state index in [0.717, 1.165) is 42.8 Å². The molecule has 1 aromatic carbocycles. The van der Waals surface area contributed by atoms with Crippen LogP contribution in [-0.4, -0.2) is 73.1 Å². The van der Waals surface area contributed by atoms with Gasteiger partial charge in [-0.05, 0) is 80.4 Å². The standard InChI is InChI=1S/C34H46BrN3O7S/c1-5-23-17-34(23,32(42)36-19-22-13-14-22)18-29(39)28-20-37(46(43,44)26-12-8-9-24(35)15-26)21-38(28)31(41)27(33(2,3)4)16-30(40)45-25-10-6-7-11-25/h5,8-9,12,15,22-23,25,27-28H,1,6-7,10-11,13-14,16-21H2,2-4H3,(H,36,42)/t23-,27-,28+,34-/m1/s1. The van der Waals surface area contributed by atoms with Crippen LogP contribution in [0.2, 0.25) is 0 Å². The molecular formula is C34H46BrN3O7S. The van der Waals surface area contributed by atoms with Crippen LogP contribution in [0.25, 0.3) is 0 Å². The number of carbonyl (C=O) groups is 4. The van der Waals surface area contributed by atoms with E-state index in [2.05, 4.69) is 27.8 Å². The number of esters is 1. The summed E-state index contributed by atoms with van der Waals surface area (Å²) in [6.07, 6.45) is 7.41. The molecule has 1 aliphatic heterocycles. The first kappa shape index (κ1) is 34.8.